The van der Waals surface area contributed by atoms with Gasteiger partial charge in [-0.1, -0.05) is 49.6 Å². The number of halogens is 1. The SMILES string of the molecule is CN(C)C(=O)CN=C(NCCc1ccccc1)NCC1(N2CCOCC2)CCCCC1.I. The highest BCUT2D eigenvalue weighted by molar-refractivity contribution is 14.0. The van der Waals surface area contributed by atoms with Crippen molar-refractivity contribution in [1.82, 2.24) is 20.4 Å². The van der Waals surface area contributed by atoms with Crippen LogP contribution >= 0.6 is 24.0 Å². The summed E-state index contributed by atoms with van der Waals surface area (Å²) in [5.74, 6) is 0.731. The second kappa shape index (κ2) is 14.0. The van der Waals surface area contributed by atoms with E-state index in [1.807, 2.05) is 6.07 Å². The van der Waals surface area contributed by atoms with Crippen LogP contribution in [0.15, 0.2) is 35.3 Å². The number of carbonyl (C=O) groups is 1. The van der Waals surface area contributed by atoms with Crippen LogP contribution in [-0.2, 0) is 16.0 Å². The highest BCUT2D eigenvalue weighted by atomic mass is 127. The van der Waals surface area contributed by atoms with Gasteiger partial charge in [-0.15, -0.1) is 24.0 Å². The Hall–Kier alpha value is -1.39. The van der Waals surface area contributed by atoms with Crippen LogP contribution in [0.4, 0.5) is 0 Å². The maximum absolute atomic E-state index is 12.1. The molecule has 2 aliphatic rings. The van der Waals surface area contributed by atoms with Gasteiger partial charge in [-0.3, -0.25) is 9.69 Å². The molecule has 32 heavy (non-hydrogen) atoms. The fourth-order valence-corrected chi connectivity index (χ4v) is 4.53. The number of hydrogen-bond acceptors (Lipinski definition) is 4. The van der Waals surface area contributed by atoms with E-state index in [2.05, 4.69) is 44.8 Å². The van der Waals surface area contributed by atoms with Gasteiger partial charge < -0.3 is 20.3 Å². The molecular formula is C24H40IN5O2. The molecule has 1 heterocycles. The zero-order valence-corrected chi connectivity index (χ0v) is 22.0. The molecule has 2 fully saturated rings. The van der Waals surface area contributed by atoms with E-state index >= 15 is 0 Å². The number of nitrogens with zero attached hydrogens (tertiary/aromatic N) is 3. The zero-order chi connectivity index (χ0) is 21.9. The van der Waals surface area contributed by atoms with Gasteiger partial charge in [0.25, 0.3) is 0 Å². The van der Waals surface area contributed by atoms with Crippen molar-refractivity contribution in [1.29, 1.82) is 0 Å². The minimum Gasteiger partial charge on any atom is -0.379 e. The Kier molecular flexibility index (Phi) is 11.7. The van der Waals surface area contributed by atoms with E-state index in [0.29, 0.717) is 0 Å². The molecule has 1 aromatic carbocycles. The number of morpholine rings is 1. The van der Waals surface area contributed by atoms with Crippen LogP contribution in [-0.4, -0.2) is 87.2 Å². The number of likely N-dealkylation sites (N-methyl/N-ethyl adjacent to an activating group) is 1. The molecule has 0 atom stereocenters. The van der Waals surface area contributed by atoms with E-state index in [-0.39, 0.29) is 42.0 Å². The van der Waals surface area contributed by atoms with Crippen LogP contribution in [0.1, 0.15) is 37.7 Å². The zero-order valence-electron chi connectivity index (χ0n) is 19.6. The van der Waals surface area contributed by atoms with Crippen LogP contribution in [0, 0.1) is 0 Å². The van der Waals surface area contributed by atoms with Crippen molar-refractivity contribution in [2.24, 2.45) is 4.99 Å². The van der Waals surface area contributed by atoms with Gasteiger partial charge in [0.1, 0.15) is 6.54 Å². The maximum Gasteiger partial charge on any atom is 0.243 e. The summed E-state index contributed by atoms with van der Waals surface area (Å²) in [6.07, 6.45) is 7.18. The molecule has 1 saturated carbocycles. The molecule has 1 aliphatic carbocycles. The molecule has 0 aromatic heterocycles. The van der Waals surface area contributed by atoms with Gasteiger partial charge in [0.2, 0.25) is 5.91 Å². The van der Waals surface area contributed by atoms with Crippen LogP contribution in [0.2, 0.25) is 0 Å². The van der Waals surface area contributed by atoms with E-state index in [0.717, 1.165) is 51.8 Å². The molecule has 1 saturated heterocycles. The molecule has 0 unspecified atom stereocenters. The van der Waals surface area contributed by atoms with Crippen molar-refractivity contribution in [3.8, 4) is 0 Å². The predicted octanol–water partition coefficient (Wildman–Crippen LogP) is 2.51. The fraction of sp³-hybridized carbons (Fsp3) is 0.667. The minimum atomic E-state index is 0. The van der Waals surface area contributed by atoms with Gasteiger partial charge >= 0.3 is 0 Å². The fourth-order valence-electron chi connectivity index (χ4n) is 4.53. The topological polar surface area (TPSA) is 69.2 Å². The summed E-state index contributed by atoms with van der Waals surface area (Å²) in [7, 11) is 3.53. The summed E-state index contributed by atoms with van der Waals surface area (Å²) in [6.45, 7) is 5.39. The first kappa shape index (κ1) is 26.9. The average molecular weight is 558 g/mol. The standard InChI is InChI=1S/C24H39N5O2.HI/c1-28(2)22(30)19-26-23(25-14-11-21-9-5-3-6-10-21)27-20-24(12-7-4-8-13-24)29-15-17-31-18-16-29;/h3,5-6,9-10H,4,7-8,11-20H2,1-2H3,(H2,25,26,27);1H. The molecule has 180 valence electrons. The molecule has 0 radical (unpaired) electrons. The number of aliphatic imine (C=N–C) groups is 1. The maximum atomic E-state index is 12.1. The summed E-state index contributed by atoms with van der Waals surface area (Å²) in [5, 5.41) is 7.04. The normalized spacial score (nSPS) is 19.0. The van der Waals surface area contributed by atoms with Gasteiger partial charge in [-0.05, 0) is 24.8 Å². The Morgan fingerprint density at radius 2 is 1.78 bits per heavy atom. The average Bonchev–Trinajstić information content (AvgIpc) is 2.82. The predicted molar refractivity (Wildman–Crippen MR) is 141 cm³/mol. The van der Waals surface area contributed by atoms with Crippen molar-refractivity contribution in [2.45, 2.75) is 44.1 Å². The third kappa shape index (κ3) is 8.19. The van der Waals surface area contributed by atoms with Crippen LogP contribution in [0.3, 0.4) is 0 Å². The first-order valence-corrected chi connectivity index (χ1v) is 11.7. The third-order valence-electron chi connectivity index (χ3n) is 6.47. The van der Waals surface area contributed by atoms with Crippen molar-refractivity contribution in [3.63, 3.8) is 0 Å². The molecule has 7 nitrogen and oxygen atoms in total. The lowest BCUT2D eigenvalue weighted by Crippen LogP contribution is -2.60. The first-order valence-electron chi connectivity index (χ1n) is 11.7. The Labute approximate surface area is 210 Å². The van der Waals surface area contributed by atoms with Crippen LogP contribution < -0.4 is 10.6 Å². The lowest BCUT2D eigenvalue weighted by Gasteiger charge is -2.48. The van der Waals surface area contributed by atoms with Crippen molar-refractivity contribution < 1.29 is 9.53 Å². The van der Waals surface area contributed by atoms with E-state index in [4.69, 9.17) is 4.74 Å². The molecular weight excluding hydrogens is 517 g/mol. The Morgan fingerprint density at radius 1 is 1.09 bits per heavy atom. The van der Waals surface area contributed by atoms with E-state index < -0.39 is 0 Å². The number of guanidine groups is 1. The van der Waals surface area contributed by atoms with Crippen molar-refractivity contribution >= 4 is 35.8 Å². The van der Waals surface area contributed by atoms with E-state index in [1.165, 1.54) is 37.7 Å². The summed E-state index contributed by atoms with van der Waals surface area (Å²) in [5.41, 5.74) is 1.44. The number of carbonyl (C=O) groups excluding carboxylic acids is 1. The van der Waals surface area contributed by atoms with Crippen molar-refractivity contribution in [2.75, 3.05) is 60.0 Å². The number of hydrogen-bond donors (Lipinski definition) is 2. The number of amides is 1. The largest absolute Gasteiger partial charge is 0.379 e. The lowest BCUT2D eigenvalue weighted by atomic mass is 9.80. The molecule has 8 heteroatoms. The van der Waals surface area contributed by atoms with Gasteiger partial charge in [0.15, 0.2) is 5.96 Å². The van der Waals surface area contributed by atoms with Gasteiger partial charge in [-0.2, -0.15) is 0 Å². The molecule has 1 amide bonds. The van der Waals surface area contributed by atoms with Gasteiger partial charge in [0, 0.05) is 45.8 Å². The summed E-state index contributed by atoms with van der Waals surface area (Å²) in [4.78, 5) is 20.9. The number of nitrogens with one attached hydrogen (secondary N) is 2. The Morgan fingerprint density at radius 3 is 2.44 bits per heavy atom. The highest BCUT2D eigenvalue weighted by Crippen LogP contribution is 2.33. The monoisotopic (exact) mass is 557 g/mol. The first-order chi connectivity index (χ1) is 15.1. The molecule has 0 spiro atoms. The van der Waals surface area contributed by atoms with Crippen LogP contribution in [0.5, 0.6) is 0 Å². The second-order valence-electron chi connectivity index (χ2n) is 8.85. The minimum absolute atomic E-state index is 0. The van der Waals surface area contributed by atoms with E-state index in [1.54, 1.807) is 19.0 Å². The number of benzene rings is 1. The lowest BCUT2D eigenvalue weighted by molar-refractivity contribution is -0.127. The van der Waals surface area contributed by atoms with Gasteiger partial charge in [0.05, 0.1) is 13.2 Å². The van der Waals surface area contributed by atoms with E-state index in [9.17, 15) is 4.79 Å². The van der Waals surface area contributed by atoms with Crippen LogP contribution in [0.25, 0.3) is 0 Å². The Balaban J connectivity index is 0.00000363. The molecule has 1 aromatic rings. The second-order valence-corrected chi connectivity index (χ2v) is 8.85. The molecule has 2 N–H and O–H groups in total. The van der Waals surface area contributed by atoms with Gasteiger partial charge in [-0.25, -0.2) is 4.99 Å². The summed E-state index contributed by atoms with van der Waals surface area (Å²) in [6, 6.07) is 10.4. The summed E-state index contributed by atoms with van der Waals surface area (Å²) < 4.78 is 5.60. The summed E-state index contributed by atoms with van der Waals surface area (Å²) >= 11 is 0. The quantitative estimate of drug-likeness (QED) is 0.292. The smallest absolute Gasteiger partial charge is 0.243 e. The third-order valence-corrected chi connectivity index (χ3v) is 6.47. The van der Waals surface area contributed by atoms with Crippen molar-refractivity contribution in [3.05, 3.63) is 35.9 Å². The number of ether oxygens (including phenoxy) is 1. The highest BCUT2D eigenvalue weighted by Gasteiger charge is 2.38. The Bertz CT molecular complexity index is 702. The molecule has 0 bridgehead atoms. The molecule has 3 rings (SSSR count). The number of rotatable bonds is 8. The molecule has 1 aliphatic heterocycles.